The van der Waals surface area contributed by atoms with Crippen LogP contribution in [0, 0.1) is 5.82 Å². The summed E-state index contributed by atoms with van der Waals surface area (Å²) in [5.74, 6) is -0.222. The third kappa shape index (κ3) is 5.51. The number of amides is 1. The van der Waals surface area contributed by atoms with Crippen LogP contribution in [0.15, 0.2) is 127 Å². The van der Waals surface area contributed by atoms with E-state index in [2.05, 4.69) is 102 Å². The molecule has 5 aromatic rings. The van der Waals surface area contributed by atoms with Crippen LogP contribution in [0.5, 0.6) is 0 Å². The Hall–Kier alpha value is -4.54. The summed E-state index contributed by atoms with van der Waals surface area (Å²) in [5.41, 5.74) is 9.23. The van der Waals surface area contributed by atoms with Crippen LogP contribution in [0.3, 0.4) is 0 Å². The Morgan fingerprint density at radius 3 is 2.05 bits per heavy atom. The van der Waals surface area contributed by atoms with Gasteiger partial charge in [-0.05, 0) is 64.3 Å². The number of nitrogens with zero attached hydrogens (tertiary/aromatic N) is 2. The molecule has 3 nitrogen and oxygen atoms in total. The fourth-order valence-electron chi connectivity index (χ4n) is 7.02. The molecule has 0 fully saturated rings. The monoisotopic (exact) mass is 566 g/mol. The summed E-state index contributed by atoms with van der Waals surface area (Å²) in [4.78, 5) is 18.8. The fourth-order valence-corrected chi connectivity index (χ4v) is 7.02. The van der Waals surface area contributed by atoms with E-state index in [4.69, 9.17) is 0 Å². The van der Waals surface area contributed by atoms with Crippen LogP contribution in [0.2, 0.25) is 0 Å². The van der Waals surface area contributed by atoms with Gasteiger partial charge in [0.25, 0.3) is 0 Å². The molecule has 0 radical (unpaired) electrons. The molecule has 7 rings (SSSR count). The maximum absolute atomic E-state index is 14.9. The predicted molar refractivity (Wildman–Crippen MR) is 170 cm³/mol. The maximum atomic E-state index is 14.9. The summed E-state index contributed by atoms with van der Waals surface area (Å²) >= 11 is 0. The number of rotatable bonds is 7. The molecule has 43 heavy (non-hydrogen) atoms. The SMILES string of the molecule is O=C(CN1CCc2ccccc2C1c1ccccc1-c1ccccc1)N(Cc1ccccc1F)C1Cc2ccccc2C1. The normalized spacial score (nSPS) is 16.4. The summed E-state index contributed by atoms with van der Waals surface area (Å²) < 4.78 is 14.9. The zero-order valence-electron chi connectivity index (χ0n) is 24.2. The topological polar surface area (TPSA) is 23.6 Å². The summed E-state index contributed by atoms with van der Waals surface area (Å²) in [5, 5.41) is 0. The lowest BCUT2D eigenvalue weighted by molar-refractivity contribution is -0.136. The average molecular weight is 567 g/mol. The molecule has 0 saturated heterocycles. The molecule has 0 aromatic heterocycles. The van der Waals surface area contributed by atoms with Crippen molar-refractivity contribution < 1.29 is 9.18 Å². The van der Waals surface area contributed by atoms with E-state index in [-0.39, 0.29) is 36.9 Å². The molecule has 0 saturated carbocycles. The first kappa shape index (κ1) is 27.3. The minimum Gasteiger partial charge on any atom is -0.333 e. The highest BCUT2D eigenvalue weighted by molar-refractivity contribution is 5.79. The molecule has 1 aliphatic carbocycles. The number of hydrogen-bond acceptors (Lipinski definition) is 2. The van der Waals surface area contributed by atoms with Crippen LogP contribution in [-0.4, -0.2) is 34.8 Å². The quantitative estimate of drug-likeness (QED) is 0.202. The molecule has 2 aliphatic rings. The van der Waals surface area contributed by atoms with Crippen LogP contribution < -0.4 is 0 Å². The molecular formula is C39H35FN2O. The second-order valence-electron chi connectivity index (χ2n) is 11.7. The lowest BCUT2D eigenvalue weighted by Gasteiger charge is -2.40. The predicted octanol–water partition coefficient (Wildman–Crippen LogP) is 7.64. The Bertz CT molecular complexity index is 1720. The number of benzene rings is 5. The molecule has 0 spiro atoms. The Morgan fingerprint density at radius 2 is 1.30 bits per heavy atom. The van der Waals surface area contributed by atoms with Gasteiger partial charge in [0, 0.05) is 24.7 Å². The van der Waals surface area contributed by atoms with E-state index < -0.39 is 0 Å². The van der Waals surface area contributed by atoms with E-state index in [1.807, 2.05) is 17.0 Å². The molecule has 1 amide bonds. The van der Waals surface area contributed by atoms with Gasteiger partial charge in [-0.2, -0.15) is 0 Å². The van der Waals surface area contributed by atoms with Crippen molar-refractivity contribution in [2.24, 2.45) is 0 Å². The minimum absolute atomic E-state index is 0.00311. The van der Waals surface area contributed by atoms with Crippen molar-refractivity contribution in [1.82, 2.24) is 9.80 Å². The van der Waals surface area contributed by atoms with Crippen molar-refractivity contribution in [3.63, 3.8) is 0 Å². The molecule has 1 aliphatic heterocycles. The van der Waals surface area contributed by atoms with Crippen molar-refractivity contribution >= 4 is 5.91 Å². The van der Waals surface area contributed by atoms with E-state index in [0.29, 0.717) is 5.56 Å². The number of fused-ring (bicyclic) bond motifs is 2. The zero-order chi connectivity index (χ0) is 29.2. The number of carbonyl (C=O) groups is 1. The summed E-state index contributed by atoms with van der Waals surface area (Å²) in [6.45, 7) is 1.30. The second kappa shape index (κ2) is 12.0. The highest BCUT2D eigenvalue weighted by atomic mass is 19.1. The summed E-state index contributed by atoms with van der Waals surface area (Å²) in [6, 6.07) is 42.9. The maximum Gasteiger partial charge on any atom is 0.237 e. The van der Waals surface area contributed by atoms with Gasteiger partial charge in [-0.15, -0.1) is 0 Å². The molecule has 214 valence electrons. The highest BCUT2D eigenvalue weighted by Gasteiger charge is 2.35. The standard InChI is InChI=1S/C39H35FN2O/c40-37-21-11-7-17-32(37)26-42(33-24-30-15-4-5-16-31(30)25-33)38(43)27-41-23-22-29-14-6-8-19-35(29)39(41)36-20-10-9-18-34(36)28-12-2-1-3-13-28/h1-21,33,39H,22-27H2. The third-order valence-corrected chi connectivity index (χ3v) is 9.15. The second-order valence-corrected chi connectivity index (χ2v) is 11.7. The van der Waals surface area contributed by atoms with Crippen molar-refractivity contribution in [2.45, 2.75) is 37.9 Å². The van der Waals surface area contributed by atoms with Crippen molar-refractivity contribution in [3.05, 3.63) is 167 Å². The number of carbonyl (C=O) groups excluding carboxylic acids is 1. The molecule has 1 atom stereocenters. The Kier molecular flexibility index (Phi) is 7.61. The first-order chi connectivity index (χ1) is 21.2. The molecule has 1 heterocycles. The van der Waals surface area contributed by atoms with Gasteiger partial charge in [0.1, 0.15) is 5.82 Å². The lowest BCUT2D eigenvalue weighted by Crippen LogP contribution is -2.48. The fraction of sp³-hybridized carbons (Fsp3) is 0.205. The van der Waals surface area contributed by atoms with Gasteiger partial charge in [-0.1, -0.05) is 121 Å². The third-order valence-electron chi connectivity index (χ3n) is 9.15. The van der Waals surface area contributed by atoms with E-state index in [1.165, 1.54) is 39.4 Å². The van der Waals surface area contributed by atoms with Crippen molar-refractivity contribution in [1.29, 1.82) is 0 Å². The van der Waals surface area contributed by atoms with Crippen LogP contribution in [0.4, 0.5) is 4.39 Å². The van der Waals surface area contributed by atoms with Crippen LogP contribution in [0.25, 0.3) is 11.1 Å². The van der Waals surface area contributed by atoms with Crippen molar-refractivity contribution in [3.8, 4) is 11.1 Å². The summed E-state index contributed by atoms with van der Waals surface area (Å²) in [7, 11) is 0. The van der Waals surface area contributed by atoms with Gasteiger partial charge in [-0.3, -0.25) is 9.69 Å². The van der Waals surface area contributed by atoms with E-state index in [1.54, 1.807) is 12.1 Å². The Labute approximate surface area is 253 Å². The largest absolute Gasteiger partial charge is 0.333 e. The zero-order valence-corrected chi connectivity index (χ0v) is 24.2. The van der Waals surface area contributed by atoms with Crippen molar-refractivity contribution in [2.75, 3.05) is 13.1 Å². The van der Waals surface area contributed by atoms with E-state index in [9.17, 15) is 9.18 Å². The van der Waals surface area contributed by atoms with Gasteiger partial charge in [0.15, 0.2) is 0 Å². The lowest BCUT2D eigenvalue weighted by atomic mass is 9.84. The first-order valence-electron chi connectivity index (χ1n) is 15.2. The molecule has 4 heteroatoms. The highest BCUT2D eigenvalue weighted by Crippen LogP contribution is 2.40. The van der Waals surface area contributed by atoms with E-state index >= 15 is 0 Å². The number of hydrogen-bond donors (Lipinski definition) is 0. The molecule has 0 N–H and O–H groups in total. The van der Waals surface area contributed by atoms with Crippen LogP contribution >= 0.6 is 0 Å². The van der Waals surface area contributed by atoms with Gasteiger partial charge in [-0.25, -0.2) is 4.39 Å². The smallest absolute Gasteiger partial charge is 0.237 e. The molecule has 5 aromatic carbocycles. The minimum atomic E-state index is -0.266. The van der Waals surface area contributed by atoms with Gasteiger partial charge >= 0.3 is 0 Å². The molecule has 0 bridgehead atoms. The number of halogens is 1. The van der Waals surface area contributed by atoms with E-state index in [0.717, 1.165) is 31.4 Å². The molecule has 1 unspecified atom stereocenters. The summed E-state index contributed by atoms with van der Waals surface area (Å²) in [6.07, 6.45) is 2.47. The Balaban J connectivity index is 1.25. The van der Waals surface area contributed by atoms with Crippen LogP contribution in [0.1, 0.15) is 39.4 Å². The average Bonchev–Trinajstić information content (AvgIpc) is 3.49. The Morgan fingerprint density at radius 1 is 0.698 bits per heavy atom. The van der Waals surface area contributed by atoms with Gasteiger partial charge in [0.05, 0.1) is 12.6 Å². The molecular weight excluding hydrogens is 531 g/mol. The van der Waals surface area contributed by atoms with Crippen LogP contribution in [-0.2, 0) is 30.6 Å². The van der Waals surface area contributed by atoms with Gasteiger partial charge < -0.3 is 4.90 Å². The first-order valence-corrected chi connectivity index (χ1v) is 15.2. The van der Waals surface area contributed by atoms with Gasteiger partial charge in [0.2, 0.25) is 5.91 Å².